The van der Waals surface area contributed by atoms with Crippen LogP contribution in [0, 0.1) is 5.41 Å². The highest BCUT2D eigenvalue weighted by atomic mass is 35.5. The van der Waals surface area contributed by atoms with E-state index in [4.69, 9.17) is 17.3 Å². The molecular weight excluding hydrogens is 362 g/mol. The Morgan fingerprint density at radius 3 is 2.08 bits per heavy atom. The first-order valence-corrected chi connectivity index (χ1v) is 10.4. The van der Waals surface area contributed by atoms with E-state index in [1.165, 1.54) is 16.4 Å². The van der Waals surface area contributed by atoms with Gasteiger partial charge in [-0.1, -0.05) is 25.4 Å². The van der Waals surface area contributed by atoms with E-state index in [1.54, 1.807) is 17.0 Å². The molecule has 0 radical (unpaired) electrons. The summed E-state index contributed by atoms with van der Waals surface area (Å²) in [6, 6.07) is 6.13. The van der Waals surface area contributed by atoms with Gasteiger partial charge in [-0.2, -0.15) is 4.31 Å². The minimum absolute atomic E-state index is 0.0311. The maximum atomic E-state index is 12.8. The molecule has 2 N–H and O–H groups in total. The standard InChI is InChI=1S/C17H26ClN3O3S/c1-3-17(4-2,13-19)16(22)20-9-11-21(12-10-20)25(23,24)15-7-5-14(18)6-8-15/h5-8H,3-4,9-13,19H2,1-2H3. The largest absolute Gasteiger partial charge is 0.340 e. The molecule has 1 aliphatic heterocycles. The number of carbonyl (C=O) groups excluding carboxylic acids is 1. The number of hydrogen-bond acceptors (Lipinski definition) is 4. The van der Waals surface area contributed by atoms with Gasteiger partial charge in [0.25, 0.3) is 0 Å². The Balaban J connectivity index is 2.08. The summed E-state index contributed by atoms with van der Waals surface area (Å²) in [5.74, 6) is 0.0311. The van der Waals surface area contributed by atoms with Gasteiger partial charge in [-0.3, -0.25) is 4.79 Å². The number of hydrogen-bond donors (Lipinski definition) is 1. The summed E-state index contributed by atoms with van der Waals surface area (Å²) >= 11 is 5.82. The zero-order valence-electron chi connectivity index (χ0n) is 14.7. The van der Waals surface area contributed by atoms with Gasteiger partial charge in [-0.15, -0.1) is 0 Å². The summed E-state index contributed by atoms with van der Waals surface area (Å²) in [6.07, 6.45) is 1.37. The minimum atomic E-state index is -3.57. The summed E-state index contributed by atoms with van der Waals surface area (Å²) in [7, 11) is -3.57. The van der Waals surface area contributed by atoms with Crippen molar-refractivity contribution in [2.45, 2.75) is 31.6 Å². The predicted octanol–water partition coefficient (Wildman–Crippen LogP) is 1.94. The van der Waals surface area contributed by atoms with Crippen molar-refractivity contribution >= 4 is 27.5 Å². The van der Waals surface area contributed by atoms with E-state index >= 15 is 0 Å². The normalized spacial score (nSPS) is 16.9. The Labute approximate surface area is 155 Å². The molecule has 1 fully saturated rings. The highest BCUT2D eigenvalue weighted by Crippen LogP contribution is 2.29. The molecule has 0 aliphatic carbocycles. The van der Waals surface area contributed by atoms with Gasteiger partial charge in [0.15, 0.2) is 0 Å². The van der Waals surface area contributed by atoms with Gasteiger partial charge in [0.1, 0.15) is 0 Å². The van der Waals surface area contributed by atoms with Crippen LogP contribution in [0.3, 0.4) is 0 Å². The number of piperazine rings is 1. The molecule has 1 aromatic carbocycles. The van der Waals surface area contributed by atoms with Crippen LogP contribution in [0.4, 0.5) is 0 Å². The van der Waals surface area contributed by atoms with Gasteiger partial charge in [-0.05, 0) is 37.1 Å². The SMILES string of the molecule is CCC(CC)(CN)C(=O)N1CCN(S(=O)(=O)c2ccc(Cl)cc2)CC1. The first-order chi connectivity index (χ1) is 11.8. The molecule has 0 spiro atoms. The molecule has 0 aromatic heterocycles. The van der Waals surface area contributed by atoms with Gasteiger partial charge < -0.3 is 10.6 Å². The van der Waals surface area contributed by atoms with Crippen LogP contribution in [0.1, 0.15) is 26.7 Å². The molecule has 6 nitrogen and oxygen atoms in total. The number of nitrogens with zero attached hydrogens (tertiary/aromatic N) is 2. The van der Waals surface area contributed by atoms with Crippen molar-refractivity contribution in [3.05, 3.63) is 29.3 Å². The first kappa shape index (κ1) is 20.2. The van der Waals surface area contributed by atoms with Gasteiger partial charge >= 0.3 is 0 Å². The van der Waals surface area contributed by atoms with Crippen molar-refractivity contribution in [2.75, 3.05) is 32.7 Å². The van der Waals surface area contributed by atoms with Crippen LogP contribution in [0.15, 0.2) is 29.2 Å². The van der Waals surface area contributed by atoms with Crippen LogP contribution in [-0.2, 0) is 14.8 Å². The quantitative estimate of drug-likeness (QED) is 0.808. The maximum Gasteiger partial charge on any atom is 0.243 e. The lowest BCUT2D eigenvalue weighted by Crippen LogP contribution is -2.55. The average Bonchev–Trinajstić information content (AvgIpc) is 2.64. The van der Waals surface area contributed by atoms with Crippen LogP contribution in [0.2, 0.25) is 5.02 Å². The van der Waals surface area contributed by atoms with Crippen LogP contribution in [-0.4, -0.2) is 56.3 Å². The molecule has 140 valence electrons. The molecule has 25 heavy (non-hydrogen) atoms. The lowest BCUT2D eigenvalue weighted by Gasteiger charge is -2.39. The Kier molecular flexibility index (Phi) is 6.48. The van der Waals surface area contributed by atoms with Crippen LogP contribution >= 0.6 is 11.6 Å². The van der Waals surface area contributed by atoms with Crippen LogP contribution < -0.4 is 5.73 Å². The van der Waals surface area contributed by atoms with Crippen molar-refractivity contribution < 1.29 is 13.2 Å². The van der Waals surface area contributed by atoms with Crippen molar-refractivity contribution in [1.29, 1.82) is 0 Å². The van der Waals surface area contributed by atoms with Crippen molar-refractivity contribution in [3.8, 4) is 0 Å². The third kappa shape index (κ3) is 4.00. The fourth-order valence-corrected chi connectivity index (χ4v) is 4.70. The van der Waals surface area contributed by atoms with Gasteiger partial charge in [0, 0.05) is 37.7 Å². The Morgan fingerprint density at radius 1 is 1.12 bits per heavy atom. The van der Waals surface area contributed by atoms with Crippen LogP contribution in [0.5, 0.6) is 0 Å². The summed E-state index contributed by atoms with van der Waals surface area (Å²) in [4.78, 5) is 14.8. The molecule has 1 heterocycles. The summed E-state index contributed by atoms with van der Waals surface area (Å²) in [5, 5.41) is 0.492. The molecule has 1 amide bonds. The number of amides is 1. The lowest BCUT2D eigenvalue weighted by atomic mass is 9.81. The van der Waals surface area contributed by atoms with E-state index in [-0.39, 0.29) is 23.9 Å². The van der Waals surface area contributed by atoms with E-state index in [0.29, 0.717) is 37.5 Å². The van der Waals surface area contributed by atoms with Gasteiger partial charge in [0.2, 0.25) is 15.9 Å². The van der Waals surface area contributed by atoms with Crippen molar-refractivity contribution in [3.63, 3.8) is 0 Å². The number of sulfonamides is 1. The minimum Gasteiger partial charge on any atom is -0.340 e. The molecular formula is C17H26ClN3O3S. The zero-order chi connectivity index (χ0) is 18.7. The number of nitrogens with two attached hydrogens (primary N) is 1. The second-order valence-corrected chi connectivity index (χ2v) is 8.72. The van der Waals surface area contributed by atoms with Gasteiger partial charge in [0.05, 0.1) is 10.3 Å². The molecule has 1 aromatic rings. The molecule has 0 saturated carbocycles. The third-order valence-corrected chi connectivity index (χ3v) is 7.34. The van der Waals surface area contributed by atoms with Crippen molar-refractivity contribution in [1.82, 2.24) is 9.21 Å². The lowest BCUT2D eigenvalue weighted by molar-refractivity contribution is -0.143. The Bertz CT molecular complexity index is 686. The van der Waals surface area contributed by atoms with E-state index in [9.17, 15) is 13.2 Å². The Hall–Kier alpha value is -1.15. The summed E-state index contributed by atoms with van der Waals surface area (Å²) in [5.41, 5.74) is 5.31. The monoisotopic (exact) mass is 387 g/mol. The molecule has 1 saturated heterocycles. The zero-order valence-corrected chi connectivity index (χ0v) is 16.3. The number of halogens is 1. The Morgan fingerprint density at radius 2 is 1.64 bits per heavy atom. The summed E-state index contributed by atoms with van der Waals surface area (Å²) in [6.45, 7) is 5.57. The first-order valence-electron chi connectivity index (χ1n) is 8.56. The van der Waals surface area contributed by atoms with E-state index in [0.717, 1.165) is 0 Å². The van der Waals surface area contributed by atoms with E-state index < -0.39 is 15.4 Å². The third-order valence-electron chi connectivity index (χ3n) is 5.18. The van der Waals surface area contributed by atoms with Crippen molar-refractivity contribution in [2.24, 2.45) is 11.1 Å². The summed E-state index contributed by atoms with van der Waals surface area (Å²) < 4.78 is 26.8. The average molecular weight is 388 g/mol. The molecule has 1 aliphatic rings. The number of rotatable bonds is 6. The highest BCUT2D eigenvalue weighted by molar-refractivity contribution is 7.89. The maximum absolute atomic E-state index is 12.8. The topological polar surface area (TPSA) is 83.7 Å². The number of carbonyl (C=O) groups is 1. The van der Waals surface area contributed by atoms with E-state index in [1.807, 2.05) is 13.8 Å². The molecule has 2 rings (SSSR count). The molecule has 0 unspecified atom stereocenters. The second-order valence-electron chi connectivity index (χ2n) is 6.34. The van der Waals surface area contributed by atoms with Gasteiger partial charge in [-0.25, -0.2) is 8.42 Å². The fraction of sp³-hybridized carbons (Fsp3) is 0.588. The fourth-order valence-electron chi connectivity index (χ4n) is 3.15. The number of benzene rings is 1. The molecule has 0 atom stereocenters. The molecule has 8 heteroatoms. The second kappa shape index (κ2) is 8.03. The highest BCUT2D eigenvalue weighted by Gasteiger charge is 2.39. The predicted molar refractivity (Wildman–Crippen MR) is 98.9 cm³/mol. The van der Waals surface area contributed by atoms with E-state index in [2.05, 4.69) is 0 Å². The smallest absolute Gasteiger partial charge is 0.243 e. The molecule has 0 bridgehead atoms. The van der Waals surface area contributed by atoms with Crippen LogP contribution in [0.25, 0.3) is 0 Å².